The lowest BCUT2D eigenvalue weighted by molar-refractivity contribution is 0.0369. The molecule has 4 atom stereocenters. The standard InChI is InChI=1S/C16H32N2/c1-12(2)15-5-4-6-16(9-15)18-11-14(10-17)8-7-13(18)3/h12-16H,4-11,17H2,1-3H3. The summed E-state index contributed by atoms with van der Waals surface area (Å²) >= 11 is 0. The van der Waals surface area contributed by atoms with Crippen LogP contribution in [-0.4, -0.2) is 30.1 Å². The molecule has 2 nitrogen and oxygen atoms in total. The first-order valence-electron chi connectivity index (χ1n) is 8.07. The van der Waals surface area contributed by atoms with Crippen molar-refractivity contribution < 1.29 is 0 Å². The first-order valence-corrected chi connectivity index (χ1v) is 8.07. The van der Waals surface area contributed by atoms with Gasteiger partial charge in [0.25, 0.3) is 0 Å². The van der Waals surface area contributed by atoms with Crippen LogP contribution in [0.25, 0.3) is 0 Å². The molecular formula is C16H32N2. The molecule has 2 fully saturated rings. The zero-order chi connectivity index (χ0) is 13.1. The molecule has 2 aliphatic rings. The molecule has 2 rings (SSSR count). The number of piperidine rings is 1. The summed E-state index contributed by atoms with van der Waals surface area (Å²) in [6.07, 6.45) is 8.43. The third-order valence-corrected chi connectivity index (χ3v) is 5.46. The molecule has 2 heteroatoms. The quantitative estimate of drug-likeness (QED) is 0.835. The molecule has 2 N–H and O–H groups in total. The highest BCUT2D eigenvalue weighted by molar-refractivity contribution is 4.88. The molecule has 0 aromatic carbocycles. The van der Waals surface area contributed by atoms with Gasteiger partial charge in [-0.3, -0.25) is 4.90 Å². The van der Waals surface area contributed by atoms with E-state index < -0.39 is 0 Å². The SMILES string of the molecule is CC(C)C1CCCC(N2CC(CN)CCC2C)C1. The summed E-state index contributed by atoms with van der Waals surface area (Å²) in [6.45, 7) is 9.35. The second-order valence-corrected chi connectivity index (χ2v) is 7.05. The minimum atomic E-state index is 0.751. The highest BCUT2D eigenvalue weighted by atomic mass is 15.2. The van der Waals surface area contributed by atoms with Crippen molar-refractivity contribution in [3.63, 3.8) is 0 Å². The van der Waals surface area contributed by atoms with Crippen molar-refractivity contribution in [2.24, 2.45) is 23.5 Å². The van der Waals surface area contributed by atoms with E-state index in [2.05, 4.69) is 25.7 Å². The van der Waals surface area contributed by atoms with Gasteiger partial charge in [0.1, 0.15) is 0 Å². The third-order valence-electron chi connectivity index (χ3n) is 5.46. The van der Waals surface area contributed by atoms with Crippen LogP contribution in [0.15, 0.2) is 0 Å². The Balaban J connectivity index is 1.96. The normalized spacial score (nSPS) is 39.2. The van der Waals surface area contributed by atoms with Gasteiger partial charge in [-0.25, -0.2) is 0 Å². The summed E-state index contributed by atoms with van der Waals surface area (Å²) < 4.78 is 0. The van der Waals surface area contributed by atoms with E-state index in [0.29, 0.717) is 0 Å². The van der Waals surface area contributed by atoms with Crippen LogP contribution in [0.5, 0.6) is 0 Å². The first kappa shape index (κ1) is 14.3. The fourth-order valence-electron chi connectivity index (χ4n) is 4.02. The highest BCUT2D eigenvalue weighted by Gasteiger charge is 2.33. The van der Waals surface area contributed by atoms with E-state index >= 15 is 0 Å². The Hall–Kier alpha value is -0.0800. The number of nitrogens with zero attached hydrogens (tertiary/aromatic N) is 1. The Kier molecular flexibility index (Phi) is 5.08. The van der Waals surface area contributed by atoms with Crippen molar-refractivity contribution in [2.45, 2.75) is 71.4 Å². The zero-order valence-electron chi connectivity index (χ0n) is 12.6. The molecule has 1 aliphatic heterocycles. The van der Waals surface area contributed by atoms with E-state index in [4.69, 9.17) is 5.73 Å². The van der Waals surface area contributed by atoms with Crippen molar-refractivity contribution in [3.8, 4) is 0 Å². The van der Waals surface area contributed by atoms with Crippen LogP contribution in [0.2, 0.25) is 0 Å². The number of likely N-dealkylation sites (tertiary alicyclic amines) is 1. The van der Waals surface area contributed by atoms with Gasteiger partial charge in [-0.15, -0.1) is 0 Å². The summed E-state index contributed by atoms with van der Waals surface area (Å²) in [4.78, 5) is 2.80. The molecule has 0 bridgehead atoms. The van der Waals surface area contributed by atoms with Crippen LogP contribution in [0.3, 0.4) is 0 Å². The van der Waals surface area contributed by atoms with Crippen molar-refractivity contribution in [1.29, 1.82) is 0 Å². The Morgan fingerprint density at radius 1 is 1.17 bits per heavy atom. The summed E-state index contributed by atoms with van der Waals surface area (Å²) in [5, 5.41) is 0. The van der Waals surface area contributed by atoms with E-state index in [1.165, 1.54) is 45.1 Å². The van der Waals surface area contributed by atoms with Crippen LogP contribution in [0.4, 0.5) is 0 Å². The predicted molar refractivity (Wildman–Crippen MR) is 78.5 cm³/mol. The number of nitrogens with two attached hydrogens (primary N) is 1. The molecule has 0 amide bonds. The molecule has 1 heterocycles. The monoisotopic (exact) mass is 252 g/mol. The topological polar surface area (TPSA) is 29.3 Å². The van der Waals surface area contributed by atoms with Crippen LogP contribution >= 0.6 is 0 Å². The zero-order valence-corrected chi connectivity index (χ0v) is 12.6. The lowest BCUT2D eigenvalue weighted by Gasteiger charge is -2.46. The maximum absolute atomic E-state index is 5.89. The molecule has 1 aliphatic carbocycles. The Morgan fingerprint density at radius 2 is 1.94 bits per heavy atom. The maximum atomic E-state index is 5.89. The lowest BCUT2D eigenvalue weighted by atomic mass is 9.77. The molecule has 1 saturated heterocycles. The van der Waals surface area contributed by atoms with Gasteiger partial charge in [-0.2, -0.15) is 0 Å². The third kappa shape index (κ3) is 3.27. The van der Waals surface area contributed by atoms with Crippen LogP contribution < -0.4 is 5.73 Å². The Morgan fingerprint density at radius 3 is 2.61 bits per heavy atom. The lowest BCUT2D eigenvalue weighted by Crippen LogP contribution is -2.50. The average Bonchev–Trinajstić information content (AvgIpc) is 2.39. The predicted octanol–water partition coefficient (Wildman–Crippen LogP) is 3.26. The number of hydrogen-bond donors (Lipinski definition) is 1. The van der Waals surface area contributed by atoms with Gasteiger partial charge in [-0.05, 0) is 56.9 Å². The van der Waals surface area contributed by atoms with Gasteiger partial charge in [0.05, 0.1) is 0 Å². The summed E-state index contributed by atoms with van der Waals surface area (Å²) in [5.74, 6) is 2.56. The molecule has 0 aromatic rings. The van der Waals surface area contributed by atoms with Crippen LogP contribution in [0.1, 0.15) is 59.3 Å². The molecule has 0 spiro atoms. The minimum absolute atomic E-state index is 0.751. The summed E-state index contributed by atoms with van der Waals surface area (Å²) in [5.41, 5.74) is 5.89. The van der Waals surface area contributed by atoms with Gasteiger partial charge in [0.15, 0.2) is 0 Å². The molecular weight excluding hydrogens is 220 g/mol. The van der Waals surface area contributed by atoms with Crippen molar-refractivity contribution in [3.05, 3.63) is 0 Å². The maximum Gasteiger partial charge on any atom is 0.0101 e. The second kappa shape index (κ2) is 6.38. The molecule has 106 valence electrons. The van der Waals surface area contributed by atoms with Gasteiger partial charge in [0.2, 0.25) is 0 Å². The van der Waals surface area contributed by atoms with Gasteiger partial charge >= 0.3 is 0 Å². The molecule has 18 heavy (non-hydrogen) atoms. The largest absolute Gasteiger partial charge is 0.330 e. The van der Waals surface area contributed by atoms with Gasteiger partial charge < -0.3 is 5.73 Å². The van der Waals surface area contributed by atoms with E-state index in [-0.39, 0.29) is 0 Å². The highest BCUT2D eigenvalue weighted by Crippen LogP contribution is 2.35. The minimum Gasteiger partial charge on any atom is -0.330 e. The first-order chi connectivity index (χ1) is 8.61. The van der Waals surface area contributed by atoms with E-state index in [0.717, 1.165) is 36.4 Å². The summed E-state index contributed by atoms with van der Waals surface area (Å²) in [6, 6.07) is 1.62. The van der Waals surface area contributed by atoms with Crippen LogP contribution in [0, 0.1) is 17.8 Å². The molecule has 0 radical (unpaired) electrons. The fraction of sp³-hybridized carbons (Fsp3) is 1.00. The fourth-order valence-corrected chi connectivity index (χ4v) is 4.02. The number of rotatable bonds is 3. The average molecular weight is 252 g/mol. The second-order valence-electron chi connectivity index (χ2n) is 7.05. The van der Waals surface area contributed by atoms with E-state index in [1.807, 2.05) is 0 Å². The van der Waals surface area contributed by atoms with E-state index in [1.54, 1.807) is 0 Å². The smallest absolute Gasteiger partial charge is 0.0101 e. The van der Waals surface area contributed by atoms with Gasteiger partial charge in [-0.1, -0.05) is 26.7 Å². The van der Waals surface area contributed by atoms with Crippen molar-refractivity contribution in [1.82, 2.24) is 4.90 Å². The van der Waals surface area contributed by atoms with E-state index in [9.17, 15) is 0 Å². The Labute approximate surface area is 113 Å². The summed E-state index contributed by atoms with van der Waals surface area (Å²) in [7, 11) is 0. The number of hydrogen-bond acceptors (Lipinski definition) is 2. The Bertz CT molecular complexity index is 251. The molecule has 1 saturated carbocycles. The van der Waals surface area contributed by atoms with Gasteiger partial charge in [0, 0.05) is 18.6 Å². The van der Waals surface area contributed by atoms with Crippen LogP contribution in [-0.2, 0) is 0 Å². The van der Waals surface area contributed by atoms with Crippen molar-refractivity contribution in [2.75, 3.05) is 13.1 Å². The molecule has 0 aromatic heterocycles. The molecule has 4 unspecified atom stereocenters. The van der Waals surface area contributed by atoms with Crippen molar-refractivity contribution >= 4 is 0 Å².